The molecular weight excluding hydrogens is 562 g/mol. The predicted octanol–water partition coefficient (Wildman–Crippen LogP) is 5.41. The Balaban J connectivity index is 1.65. The van der Waals surface area contributed by atoms with Crippen LogP contribution in [0.2, 0.25) is 5.02 Å². The Labute approximate surface area is 247 Å². The smallest absolute Gasteiger partial charge is 0.264 e. The van der Waals surface area contributed by atoms with Crippen molar-refractivity contribution in [3.63, 3.8) is 0 Å². The van der Waals surface area contributed by atoms with Gasteiger partial charge in [-0.15, -0.1) is 0 Å². The van der Waals surface area contributed by atoms with E-state index in [1.807, 2.05) is 6.07 Å². The van der Waals surface area contributed by atoms with Crippen LogP contribution in [0.25, 0.3) is 0 Å². The van der Waals surface area contributed by atoms with E-state index in [4.69, 9.17) is 16.3 Å². The first-order valence-electron chi connectivity index (χ1n) is 13.7. The highest BCUT2D eigenvalue weighted by molar-refractivity contribution is 7.92. The molecule has 1 fully saturated rings. The van der Waals surface area contributed by atoms with Crippen molar-refractivity contribution >= 4 is 39.1 Å². The quantitative estimate of drug-likeness (QED) is 0.319. The van der Waals surface area contributed by atoms with Crippen LogP contribution in [0.1, 0.15) is 44.6 Å². The number of carbonyl (C=O) groups is 2. The van der Waals surface area contributed by atoms with Crippen LogP contribution in [0.4, 0.5) is 5.69 Å². The first-order valence-corrected chi connectivity index (χ1v) is 15.6. The number of halogens is 1. The maximum Gasteiger partial charge on any atom is 0.264 e. The van der Waals surface area contributed by atoms with E-state index in [1.54, 1.807) is 67.6 Å². The van der Waals surface area contributed by atoms with Gasteiger partial charge in [0.05, 0.1) is 17.7 Å². The molecule has 1 atom stereocenters. The lowest BCUT2D eigenvalue weighted by Crippen LogP contribution is -2.53. The Hall–Kier alpha value is -3.56. The lowest BCUT2D eigenvalue weighted by atomic mass is 9.95. The highest BCUT2D eigenvalue weighted by atomic mass is 35.5. The van der Waals surface area contributed by atoms with Crippen molar-refractivity contribution in [2.75, 3.05) is 18.0 Å². The molecule has 218 valence electrons. The summed E-state index contributed by atoms with van der Waals surface area (Å²) in [5, 5.41) is 3.60. The van der Waals surface area contributed by atoms with Crippen molar-refractivity contribution in [3.05, 3.63) is 89.4 Å². The summed E-state index contributed by atoms with van der Waals surface area (Å²) in [6, 6.07) is 20.7. The number of hydrogen-bond donors (Lipinski definition) is 1. The molecule has 0 saturated heterocycles. The molecule has 0 aliphatic heterocycles. The molecule has 2 amide bonds. The zero-order valence-corrected chi connectivity index (χ0v) is 24.9. The number of methoxy groups -OCH3 is 1. The molecule has 8 nitrogen and oxygen atoms in total. The summed E-state index contributed by atoms with van der Waals surface area (Å²) in [6.45, 7) is 1.26. The van der Waals surface area contributed by atoms with Crippen LogP contribution in [-0.4, -0.2) is 50.9 Å². The van der Waals surface area contributed by atoms with Crippen LogP contribution in [0.3, 0.4) is 0 Å². The average molecular weight is 598 g/mol. The van der Waals surface area contributed by atoms with Gasteiger partial charge in [-0.25, -0.2) is 8.42 Å². The fourth-order valence-electron chi connectivity index (χ4n) is 4.98. The van der Waals surface area contributed by atoms with Crippen molar-refractivity contribution < 1.29 is 22.7 Å². The lowest BCUT2D eigenvalue weighted by molar-refractivity contribution is -0.139. The van der Waals surface area contributed by atoms with Crippen LogP contribution < -0.4 is 14.4 Å². The number of nitrogens with zero attached hydrogens (tertiary/aromatic N) is 2. The number of para-hydroxylation sites is 1. The van der Waals surface area contributed by atoms with Crippen LogP contribution in [-0.2, 0) is 26.2 Å². The van der Waals surface area contributed by atoms with E-state index in [-0.39, 0.29) is 23.4 Å². The summed E-state index contributed by atoms with van der Waals surface area (Å²) < 4.78 is 34.0. The zero-order valence-electron chi connectivity index (χ0n) is 23.3. The standard InChI is InChI=1S/C31H36ClN3O5S/c1-23(31(37)33-26-12-5-3-6-13-26)34(21-24-10-9-11-25(32)20-24)30(36)22-35(27-14-7-4-8-15-27)41(38,39)29-18-16-28(40-2)17-19-29/h4,7-11,14-20,23,26H,3,5-6,12-13,21-22H2,1-2H3,(H,33,37)/t23-/m1/s1. The summed E-state index contributed by atoms with van der Waals surface area (Å²) in [5.74, 6) is -0.273. The molecule has 41 heavy (non-hydrogen) atoms. The van der Waals surface area contributed by atoms with E-state index in [0.717, 1.165) is 42.0 Å². The molecule has 0 bridgehead atoms. The zero-order chi connectivity index (χ0) is 29.4. The van der Waals surface area contributed by atoms with Crippen molar-refractivity contribution in [3.8, 4) is 5.75 Å². The number of amides is 2. The van der Waals surface area contributed by atoms with Gasteiger partial charge in [0.25, 0.3) is 10.0 Å². The predicted molar refractivity (Wildman–Crippen MR) is 160 cm³/mol. The molecule has 1 aliphatic rings. The third-order valence-electron chi connectivity index (χ3n) is 7.33. The van der Waals surface area contributed by atoms with Crippen LogP contribution in [0, 0.1) is 0 Å². The molecule has 0 unspecified atom stereocenters. The average Bonchev–Trinajstić information content (AvgIpc) is 2.99. The number of carbonyl (C=O) groups excluding carboxylic acids is 2. The van der Waals surface area contributed by atoms with Crippen molar-refractivity contribution in [1.82, 2.24) is 10.2 Å². The highest BCUT2D eigenvalue weighted by Gasteiger charge is 2.33. The SMILES string of the molecule is COc1ccc(S(=O)(=O)N(CC(=O)N(Cc2cccc(Cl)c2)[C@H](C)C(=O)NC2CCCCC2)c2ccccc2)cc1. The van der Waals surface area contributed by atoms with Gasteiger partial charge in [0, 0.05) is 17.6 Å². The Bertz CT molecular complexity index is 1430. The Kier molecular flexibility index (Phi) is 10.3. The van der Waals surface area contributed by atoms with E-state index >= 15 is 0 Å². The van der Waals surface area contributed by atoms with Crippen molar-refractivity contribution in [1.29, 1.82) is 0 Å². The third-order valence-corrected chi connectivity index (χ3v) is 9.35. The molecule has 0 heterocycles. The molecule has 3 aromatic rings. The fourth-order valence-corrected chi connectivity index (χ4v) is 6.61. The second kappa shape index (κ2) is 13.9. The fraction of sp³-hybridized carbons (Fsp3) is 0.355. The number of rotatable bonds is 11. The van der Waals surface area contributed by atoms with E-state index < -0.39 is 28.5 Å². The molecule has 1 saturated carbocycles. The number of anilines is 1. The number of benzene rings is 3. The maximum atomic E-state index is 14.0. The lowest BCUT2D eigenvalue weighted by Gasteiger charge is -2.33. The summed E-state index contributed by atoms with van der Waals surface area (Å²) in [5.41, 5.74) is 1.06. The second-order valence-corrected chi connectivity index (χ2v) is 12.5. The molecule has 1 aliphatic carbocycles. The summed E-state index contributed by atoms with van der Waals surface area (Å²) in [7, 11) is -2.65. The number of ether oxygens (including phenoxy) is 1. The van der Waals surface area contributed by atoms with Crippen LogP contribution in [0.15, 0.2) is 83.8 Å². The molecule has 0 aromatic heterocycles. The van der Waals surface area contributed by atoms with E-state index in [9.17, 15) is 18.0 Å². The minimum Gasteiger partial charge on any atom is -0.497 e. The van der Waals surface area contributed by atoms with Gasteiger partial charge in [0.1, 0.15) is 18.3 Å². The Morgan fingerprint density at radius 2 is 1.66 bits per heavy atom. The van der Waals surface area contributed by atoms with Crippen molar-refractivity contribution in [2.45, 2.75) is 62.6 Å². The molecular formula is C31H36ClN3O5S. The number of nitrogens with one attached hydrogen (secondary N) is 1. The van der Waals surface area contributed by atoms with Gasteiger partial charge < -0.3 is 15.0 Å². The van der Waals surface area contributed by atoms with E-state index in [0.29, 0.717) is 16.5 Å². The van der Waals surface area contributed by atoms with Gasteiger partial charge in [-0.05, 0) is 73.9 Å². The molecule has 3 aromatic carbocycles. The third kappa shape index (κ3) is 7.80. The number of hydrogen-bond acceptors (Lipinski definition) is 5. The van der Waals surface area contributed by atoms with E-state index in [1.165, 1.54) is 24.1 Å². The number of sulfonamides is 1. The van der Waals surface area contributed by atoms with Crippen LogP contribution >= 0.6 is 11.6 Å². The molecule has 0 radical (unpaired) electrons. The molecule has 10 heteroatoms. The minimum absolute atomic E-state index is 0.0134. The van der Waals surface area contributed by atoms with Gasteiger partial charge in [0.2, 0.25) is 11.8 Å². The first-order chi connectivity index (χ1) is 19.7. The van der Waals surface area contributed by atoms with Gasteiger partial charge in [-0.2, -0.15) is 0 Å². The largest absolute Gasteiger partial charge is 0.497 e. The normalized spacial score (nSPS) is 14.6. The minimum atomic E-state index is -4.15. The summed E-state index contributed by atoms with van der Waals surface area (Å²) >= 11 is 6.21. The van der Waals surface area contributed by atoms with Gasteiger partial charge in [-0.3, -0.25) is 13.9 Å². The van der Waals surface area contributed by atoms with Crippen LogP contribution in [0.5, 0.6) is 5.75 Å². The molecule has 0 spiro atoms. The first kappa shape index (κ1) is 30.4. The summed E-state index contributed by atoms with van der Waals surface area (Å²) in [4.78, 5) is 28.8. The Morgan fingerprint density at radius 1 is 0.976 bits per heavy atom. The maximum absolute atomic E-state index is 14.0. The van der Waals surface area contributed by atoms with Crippen molar-refractivity contribution in [2.24, 2.45) is 0 Å². The van der Waals surface area contributed by atoms with Gasteiger partial charge in [-0.1, -0.05) is 61.2 Å². The topological polar surface area (TPSA) is 96.0 Å². The molecule has 4 rings (SSSR count). The highest BCUT2D eigenvalue weighted by Crippen LogP contribution is 2.26. The van der Waals surface area contributed by atoms with E-state index in [2.05, 4.69) is 5.32 Å². The molecule has 1 N–H and O–H groups in total. The van der Waals surface area contributed by atoms with Gasteiger partial charge in [0.15, 0.2) is 0 Å². The summed E-state index contributed by atoms with van der Waals surface area (Å²) in [6.07, 6.45) is 5.07. The monoisotopic (exact) mass is 597 g/mol. The van der Waals surface area contributed by atoms with Gasteiger partial charge >= 0.3 is 0 Å². The Morgan fingerprint density at radius 3 is 2.29 bits per heavy atom. The second-order valence-electron chi connectivity index (χ2n) is 10.2.